The molecule has 0 aromatic carbocycles. The fraction of sp³-hybridized carbons (Fsp3) is 0.615. The zero-order chi connectivity index (χ0) is 15.0. The Labute approximate surface area is 121 Å². The van der Waals surface area contributed by atoms with E-state index < -0.39 is 10.0 Å². The van der Waals surface area contributed by atoms with Crippen molar-refractivity contribution in [2.45, 2.75) is 25.2 Å². The van der Waals surface area contributed by atoms with Crippen LogP contribution in [0.5, 0.6) is 0 Å². The van der Waals surface area contributed by atoms with Crippen LogP contribution in [0.15, 0.2) is 23.2 Å². The molecule has 0 saturated heterocycles. The molecule has 0 spiro atoms. The summed E-state index contributed by atoms with van der Waals surface area (Å²) in [5, 5.41) is 3.09. The van der Waals surface area contributed by atoms with Gasteiger partial charge in [-0.2, -0.15) is 4.31 Å². The molecule has 0 amide bonds. The number of rotatable bonds is 9. The first-order valence-corrected chi connectivity index (χ1v) is 8.19. The summed E-state index contributed by atoms with van der Waals surface area (Å²) in [6.45, 7) is 5.74. The van der Waals surface area contributed by atoms with Gasteiger partial charge in [0.05, 0.1) is 11.5 Å². The van der Waals surface area contributed by atoms with E-state index in [-0.39, 0.29) is 4.90 Å². The molecule has 1 N–H and O–H groups in total. The highest BCUT2D eigenvalue weighted by Crippen LogP contribution is 2.17. The molecule has 0 bridgehead atoms. The molecular formula is C13H23N3O3S. The van der Waals surface area contributed by atoms with E-state index in [0.29, 0.717) is 25.5 Å². The molecule has 1 aromatic rings. The van der Waals surface area contributed by atoms with Gasteiger partial charge in [0.2, 0.25) is 10.0 Å². The highest BCUT2D eigenvalue weighted by atomic mass is 32.2. The predicted molar refractivity (Wildman–Crippen MR) is 79.3 cm³/mol. The molecule has 6 nitrogen and oxygen atoms in total. The number of ether oxygens (including phenoxy) is 1. The van der Waals surface area contributed by atoms with Gasteiger partial charge in [0.1, 0.15) is 5.82 Å². The van der Waals surface area contributed by atoms with Crippen LogP contribution in [0.25, 0.3) is 0 Å². The van der Waals surface area contributed by atoms with Crippen LogP contribution in [-0.2, 0) is 14.8 Å². The number of nitrogens with zero attached hydrogens (tertiary/aromatic N) is 2. The fourth-order valence-electron chi connectivity index (χ4n) is 1.71. The maximum absolute atomic E-state index is 12.5. The lowest BCUT2D eigenvalue weighted by molar-refractivity contribution is 0.180. The third-order valence-corrected chi connectivity index (χ3v) is 4.79. The predicted octanol–water partition coefficient (Wildman–Crippen LogP) is 1.56. The highest BCUT2D eigenvalue weighted by Gasteiger charge is 2.23. The van der Waals surface area contributed by atoms with Crippen LogP contribution in [0.1, 0.15) is 20.3 Å². The molecule has 0 saturated carbocycles. The number of anilines is 1. The average Bonchev–Trinajstić information content (AvgIpc) is 2.46. The van der Waals surface area contributed by atoms with Crippen molar-refractivity contribution in [3.63, 3.8) is 0 Å². The van der Waals surface area contributed by atoms with Gasteiger partial charge in [-0.25, -0.2) is 13.4 Å². The van der Waals surface area contributed by atoms with E-state index in [1.54, 1.807) is 13.2 Å². The second-order valence-corrected chi connectivity index (χ2v) is 6.23. The fourth-order valence-corrected chi connectivity index (χ4v) is 3.16. The topological polar surface area (TPSA) is 71.5 Å². The van der Waals surface area contributed by atoms with Gasteiger partial charge in [-0.15, -0.1) is 0 Å². The van der Waals surface area contributed by atoms with E-state index in [9.17, 15) is 8.42 Å². The van der Waals surface area contributed by atoms with Crippen LogP contribution in [0, 0.1) is 0 Å². The van der Waals surface area contributed by atoms with Gasteiger partial charge in [0, 0.05) is 39.0 Å². The Kier molecular flexibility index (Phi) is 6.90. The Morgan fingerprint density at radius 2 is 2.15 bits per heavy atom. The molecule has 20 heavy (non-hydrogen) atoms. The molecule has 0 aliphatic carbocycles. The van der Waals surface area contributed by atoms with Crippen molar-refractivity contribution in [1.29, 1.82) is 0 Å². The Balaban J connectivity index is 2.95. The van der Waals surface area contributed by atoms with Gasteiger partial charge in [-0.05, 0) is 12.5 Å². The van der Waals surface area contributed by atoms with Crippen molar-refractivity contribution in [3.8, 4) is 0 Å². The monoisotopic (exact) mass is 301 g/mol. The minimum atomic E-state index is -3.50. The Bertz CT molecular complexity index is 505. The number of nitrogens with one attached hydrogen (secondary N) is 1. The van der Waals surface area contributed by atoms with Crippen molar-refractivity contribution in [3.05, 3.63) is 18.3 Å². The van der Waals surface area contributed by atoms with E-state index in [0.717, 1.165) is 13.0 Å². The summed E-state index contributed by atoms with van der Waals surface area (Å²) in [7, 11) is -1.94. The average molecular weight is 301 g/mol. The molecule has 1 rings (SSSR count). The number of sulfonamides is 1. The van der Waals surface area contributed by atoms with Gasteiger partial charge < -0.3 is 10.1 Å². The first-order chi connectivity index (χ1) is 9.56. The first kappa shape index (κ1) is 16.9. The van der Waals surface area contributed by atoms with Gasteiger partial charge in [0.15, 0.2) is 0 Å². The number of likely N-dealkylation sites (N-methyl/N-ethyl adjacent to an activating group) is 1. The van der Waals surface area contributed by atoms with Crippen LogP contribution in [0.4, 0.5) is 5.82 Å². The van der Waals surface area contributed by atoms with E-state index in [4.69, 9.17) is 4.74 Å². The molecule has 1 heterocycles. The SMILES string of the molecule is CCCNc1cc(S(=O)(=O)N(CC)CCOC)ccn1. The summed E-state index contributed by atoms with van der Waals surface area (Å²) >= 11 is 0. The molecule has 0 unspecified atom stereocenters. The molecule has 0 radical (unpaired) electrons. The maximum atomic E-state index is 12.5. The minimum Gasteiger partial charge on any atom is -0.383 e. The van der Waals surface area contributed by atoms with Crippen molar-refractivity contribution in [1.82, 2.24) is 9.29 Å². The zero-order valence-electron chi connectivity index (χ0n) is 12.3. The van der Waals surface area contributed by atoms with E-state index in [1.807, 2.05) is 13.8 Å². The van der Waals surface area contributed by atoms with E-state index in [2.05, 4.69) is 10.3 Å². The number of hydrogen-bond donors (Lipinski definition) is 1. The quantitative estimate of drug-likeness (QED) is 0.749. The van der Waals surface area contributed by atoms with Gasteiger partial charge in [-0.3, -0.25) is 0 Å². The van der Waals surface area contributed by atoms with E-state index in [1.165, 1.54) is 16.6 Å². The molecule has 0 aliphatic heterocycles. The zero-order valence-corrected chi connectivity index (χ0v) is 13.1. The third kappa shape index (κ3) is 4.43. The number of aromatic nitrogens is 1. The molecule has 0 aliphatic rings. The summed E-state index contributed by atoms with van der Waals surface area (Å²) in [5.74, 6) is 0.579. The number of methoxy groups -OCH3 is 1. The standard InChI is InChI=1S/C13H23N3O3S/c1-4-7-14-13-11-12(6-8-15-13)20(17,18)16(5-2)9-10-19-3/h6,8,11H,4-5,7,9-10H2,1-3H3,(H,14,15). The van der Waals surface area contributed by atoms with E-state index >= 15 is 0 Å². The number of pyridine rings is 1. The smallest absolute Gasteiger partial charge is 0.243 e. The Hall–Kier alpha value is -1.18. The second-order valence-electron chi connectivity index (χ2n) is 4.29. The van der Waals surface area contributed by atoms with Gasteiger partial charge in [-0.1, -0.05) is 13.8 Å². The van der Waals surface area contributed by atoms with Crippen molar-refractivity contribution >= 4 is 15.8 Å². The lowest BCUT2D eigenvalue weighted by atomic mass is 10.4. The van der Waals surface area contributed by atoms with Crippen LogP contribution < -0.4 is 5.32 Å². The van der Waals surface area contributed by atoms with Crippen LogP contribution in [0.2, 0.25) is 0 Å². The summed E-state index contributed by atoms with van der Waals surface area (Å²) in [6.07, 6.45) is 2.46. The summed E-state index contributed by atoms with van der Waals surface area (Å²) in [5.41, 5.74) is 0. The lowest BCUT2D eigenvalue weighted by Crippen LogP contribution is -2.33. The van der Waals surface area contributed by atoms with Gasteiger partial charge in [0.25, 0.3) is 0 Å². The minimum absolute atomic E-state index is 0.254. The Morgan fingerprint density at radius 3 is 2.75 bits per heavy atom. The second kappa shape index (κ2) is 8.18. The van der Waals surface area contributed by atoms with Crippen LogP contribution in [0.3, 0.4) is 0 Å². The van der Waals surface area contributed by atoms with Crippen molar-refractivity contribution < 1.29 is 13.2 Å². The Morgan fingerprint density at radius 1 is 1.40 bits per heavy atom. The molecule has 0 fully saturated rings. The largest absolute Gasteiger partial charge is 0.383 e. The maximum Gasteiger partial charge on any atom is 0.243 e. The van der Waals surface area contributed by atoms with Gasteiger partial charge >= 0.3 is 0 Å². The molecular weight excluding hydrogens is 278 g/mol. The summed E-state index contributed by atoms with van der Waals surface area (Å²) in [6, 6.07) is 3.09. The van der Waals surface area contributed by atoms with Crippen molar-refractivity contribution in [2.24, 2.45) is 0 Å². The first-order valence-electron chi connectivity index (χ1n) is 6.75. The third-order valence-electron chi connectivity index (χ3n) is 2.82. The van der Waals surface area contributed by atoms with Crippen LogP contribution in [-0.4, -0.2) is 51.1 Å². The van der Waals surface area contributed by atoms with Crippen LogP contribution >= 0.6 is 0 Å². The number of hydrogen-bond acceptors (Lipinski definition) is 5. The molecule has 114 valence electrons. The summed E-state index contributed by atoms with van der Waals surface area (Å²) < 4.78 is 31.4. The highest BCUT2D eigenvalue weighted by molar-refractivity contribution is 7.89. The normalized spacial score (nSPS) is 11.8. The molecule has 0 atom stereocenters. The summed E-state index contributed by atoms with van der Waals surface area (Å²) in [4.78, 5) is 4.37. The lowest BCUT2D eigenvalue weighted by Gasteiger charge is -2.20. The van der Waals surface area contributed by atoms with Crippen molar-refractivity contribution in [2.75, 3.05) is 38.7 Å². The molecule has 7 heteroatoms. The molecule has 1 aromatic heterocycles.